The van der Waals surface area contributed by atoms with Gasteiger partial charge in [-0.2, -0.15) is 0 Å². The summed E-state index contributed by atoms with van der Waals surface area (Å²) in [4.78, 5) is 17.2. The van der Waals surface area contributed by atoms with Crippen LogP contribution in [0.1, 0.15) is 24.8 Å². The van der Waals surface area contributed by atoms with Crippen LogP contribution >= 0.6 is 0 Å². The number of amides is 1. The predicted octanol–water partition coefficient (Wildman–Crippen LogP) is 3.48. The molecule has 0 unspecified atom stereocenters. The molecule has 2 fully saturated rings. The first-order chi connectivity index (χ1) is 14.2. The fourth-order valence-electron chi connectivity index (χ4n) is 4.64. The highest BCUT2D eigenvalue weighted by molar-refractivity contribution is 5.78. The zero-order valence-electron chi connectivity index (χ0n) is 16.9. The fraction of sp³-hybridized carbons (Fsp3) is 0.458. The van der Waals surface area contributed by atoms with Gasteiger partial charge in [0.1, 0.15) is 5.82 Å². The van der Waals surface area contributed by atoms with E-state index in [0.717, 1.165) is 57.4 Å². The Bertz CT molecular complexity index is 813. The summed E-state index contributed by atoms with van der Waals surface area (Å²) in [5.41, 5.74) is 2.27. The molecule has 4 nitrogen and oxygen atoms in total. The Kier molecular flexibility index (Phi) is 6.45. The normalized spacial score (nSPS) is 22.2. The monoisotopic (exact) mass is 395 g/mol. The molecule has 0 aromatic heterocycles. The van der Waals surface area contributed by atoms with Crippen molar-refractivity contribution in [2.45, 2.75) is 31.7 Å². The van der Waals surface area contributed by atoms with E-state index < -0.39 is 0 Å². The third-order valence-corrected chi connectivity index (χ3v) is 6.20. The van der Waals surface area contributed by atoms with Crippen LogP contribution in [0.15, 0.2) is 54.6 Å². The Morgan fingerprint density at radius 3 is 2.76 bits per heavy atom. The number of likely N-dealkylation sites (tertiary alicyclic amines) is 1. The molecule has 1 N–H and O–H groups in total. The molecule has 2 aliphatic rings. The lowest BCUT2D eigenvalue weighted by atomic mass is 10.0. The smallest absolute Gasteiger partial charge is 0.234 e. The zero-order chi connectivity index (χ0) is 20.1. The van der Waals surface area contributed by atoms with Crippen LogP contribution in [-0.2, 0) is 11.2 Å². The van der Waals surface area contributed by atoms with Gasteiger partial charge in [0.25, 0.3) is 0 Å². The minimum absolute atomic E-state index is 0.106. The molecule has 0 radical (unpaired) electrons. The van der Waals surface area contributed by atoms with Crippen LogP contribution in [0.2, 0.25) is 0 Å². The Hall–Kier alpha value is -2.40. The quantitative estimate of drug-likeness (QED) is 0.780. The third kappa shape index (κ3) is 5.36. The first-order valence-corrected chi connectivity index (χ1v) is 10.7. The van der Waals surface area contributed by atoms with E-state index in [0.29, 0.717) is 18.5 Å². The van der Waals surface area contributed by atoms with Crippen molar-refractivity contribution in [1.82, 2.24) is 10.2 Å². The molecular formula is C24H30FN3O. The molecule has 2 heterocycles. The topological polar surface area (TPSA) is 35.6 Å². The van der Waals surface area contributed by atoms with Crippen molar-refractivity contribution in [2.75, 3.05) is 37.6 Å². The van der Waals surface area contributed by atoms with E-state index in [4.69, 9.17) is 0 Å². The van der Waals surface area contributed by atoms with Crippen LogP contribution in [0.4, 0.5) is 10.1 Å². The van der Waals surface area contributed by atoms with Crippen molar-refractivity contribution in [3.63, 3.8) is 0 Å². The molecule has 154 valence electrons. The van der Waals surface area contributed by atoms with Crippen LogP contribution < -0.4 is 10.2 Å². The molecule has 29 heavy (non-hydrogen) atoms. The first-order valence-electron chi connectivity index (χ1n) is 10.7. The molecule has 2 aromatic carbocycles. The maximum absolute atomic E-state index is 13.5. The second kappa shape index (κ2) is 9.40. The molecule has 0 saturated carbocycles. The number of nitrogens with one attached hydrogen (secondary N) is 1. The van der Waals surface area contributed by atoms with Crippen molar-refractivity contribution in [1.29, 1.82) is 0 Å². The summed E-state index contributed by atoms with van der Waals surface area (Å²) in [6, 6.07) is 17.6. The molecule has 2 atom stereocenters. The van der Waals surface area contributed by atoms with E-state index in [2.05, 4.69) is 39.4 Å². The van der Waals surface area contributed by atoms with Gasteiger partial charge in [-0.15, -0.1) is 0 Å². The summed E-state index contributed by atoms with van der Waals surface area (Å²) in [6.07, 6.45) is 4.08. The third-order valence-electron chi connectivity index (χ3n) is 6.20. The van der Waals surface area contributed by atoms with E-state index in [9.17, 15) is 9.18 Å². The standard InChI is InChI=1S/C24H30FN3O/c25-21-7-4-6-19(14-21)15-23-10-5-12-27(23)18-24(29)26-16-20-11-13-28(17-20)22-8-2-1-3-9-22/h1-4,6-9,14,20,23H,5,10-13,15-18H2,(H,26,29)/t20-,23+/m1/s1. The van der Waals surface area contributed by atoms with Crippen LogP contribution in [0.3, 0.4) is 0 Å². The number of hydrogen-bond donors (Lipinski definition) is 1. The molecule has 1 amide bonds. The van der Waals surface area contributed by atoms with Gasteiger partial charge >= 0.3 is 0 Å². The van der Waals surface area contributed by atoms with Gasteiger partial charge in [-0.3, -0.25) is 9.69 Å². The lowest BCUT2D eigenvalue weighted by Gasteiger charge is -2.24. The number of halogens is 1. The van der Waals surface area contributed by atoms with Crippen LogP contribution in [-0.4, -0.2) is 49.6 Å². The van der Waals surface area contributed by atoms with Gasteiger partial charge in [0.2, 0.25) is 5.91 Å². The zero-order valence-corrected chi connectivity index (χ0v) is 16.9. The Morgan fingerprint density at radius 2 is 1.93 bits per heavy atom. The van der Waals surface area contributed by atoms with Gasteiger partial charge in [-0.1, -0.05) is 30.3 Å². The molecule has 0 bridgehead atoms. The van der Waals surface area contributed by atoms with E-state index in [1.807, 2.05) is 12.1 Å². The van der Waals surface area contributed by atoms with E-state index in [-0.39, 0.29) is 11.7 Å². The average molecular weight is 396 g/mol. The van der Waals surface area contributed by atoms with Crippen molar-refractivity contribution in [3.05, 3.63) is 66.0 Å². The number of nitrogens with zero attached hydrogens (tertiary/aromatic N) is 2. The second-order valence-electron chi connectivity index (χ2n) is 8.34. The fourth-order valence-corrected chi connectivity index (χ4v) is 4.64. The van der Waals surface area contributed by atoms with Gasteiger partial charge in [0, 0.05) is 31.4 Å². The predicted molar refractivity (Wildman–Crippen MR) is 114 cm³/mol. The number of anilines is 1. The number of carbonyl (C=O) groups is 1. The molecule has 0 aliphatic carbocycles. The second-order valence-corrected chi connectivity index (χ2v) is 8.34. The Balaban J connectivity index is 1.22. The van der Waals surface area contributed by atoms with Crippen molar-refractivity contribution >= 4 is 11.6 Å². The number of hydrogen-bond acceptors (Lipinski definition) is 3. The van der Waals surface area contributed by atoms with Gasteiger partial charge in [-0.25, -0.2) is 4.39 Å². The summed E-state index contributed by atoms with van der Waals surface area (Å²) < 4.78 is 13.5. The summed E-state index contributed by atoms with van der Waals surface area (Å²) in [6.45, 7) is 4.17. The number of rotatable bonds is 7. The van der Waals surface area contributed by atoms with Crippen molar-refractivity contribution in [3.8, 4) is 0 Å². The average Bonchev–Trinajstić information content (AvgIpc) is 3.37. The summed E-state index contributed by atoms with van der Waals surface area (Å²) in [5.74, 6) is 0.418. The Morgan fingerprint density at radius 1 is 1.07 bits per heavy atom. The first kappa shape index (κ1) is 19.9. The minimum atomic E-state index is -0.189. The molecular weight excluding hydrogens is 365 g/mol. The largest absolute Gasteiger partial charge is 0.371 e. The highest BCUT2D eigenvalue weighted by Crippen LogP contribution is 2.23. The summed E-state index contributed by atoms with van der Waals surface area (Å²) in [7, 11) is 0. The van der Waals surface area contributed by atoms with Crippen LogP contribution in [0.5, 0.6) is 0 Å². The van der Waals surface area contributed by atoms with E-state index in [1.54, 1.807) is 12.1 Å². The maximum atomic E-state index is 13.5. The highest BCUT2D eigenvalue weighted by Gasteiger charge is 2.27. The van der Waals surface area contributed by atoms with Gasteiger partial charge in [0.05, 0.1) is 6.54 Å². The summed E-state index contributed by atoms with van der Waals surface area (Å²) in [5, 5.41) is 3.15. The molecule has 2 aliphatic heterocycles. The Labute approximate surface area is 172 Å². The van der Waals surface area contributed by atoms with E-state index in [1.165, 1.54) is 11.8 Å². The number of para-hydroxylation sites is 1. The maximum Gasteiger partial charge on any atom is 0.234 e. The molecule has 2 saturated heterocycles. The van der Waals surface area contributed by atoms with Gasteiger partial charge in [-0.05, 0) is 68.0 Å². The number of benzene rings is 2. The molecule has 4 rings (SSSR count). The lowest BCUT2D eigenvalue weighted by molar-refractivity contribution is -0.122. The number of carbonyl (C=O) groups excluding carboxylic acids is 1. The van der Waals surface area contributed by atoms with Crippen LogP contribution in [0, 0.1) is 11.7 Å². The summed E-state index contributed by atoms with van der Waals surface area (Å²) >= 11 is 0. The lowest BCUT2D eigenvalue weighted by Crippen LogP contribution is -2.42. The van der Waals surface area contributed by atoms with Gasteiger partial charge < -0.3 is 10.2 Å². The molecule has 2 aromatic rings. The highest BCUT2D eigenvalue weighted by atomic mass is 19.1. The van der Waals surface area contributed by atoms with Gasteiger partial charge in [0.15, 0.2) is 0 Å². The van der Waals surface area contributed by atoms with Crippen LogP contribution in [0.25, 0.3) is 0 Å². The molecule has 5 heteroatoms. The SMILES string of the molecule is O=C(CN1CCC[C@H]1Cc1cccc(F)c1)NC[C@H]1CCN(c2ccccc2)C1. The van der Waals surface area contributed by atoms with Crippen molar-refractivity contribution < 1.29 is 9.18 Å². The van der Waals surface area contributed by atoms with Crippen molar-refractivity contribution in [2.24, 2.45) is 5.92 Å². The molecule has 0 spiro atoms. The minimum Gasteiger partial charge on any atom is -0.371 e. The van der Waals surface area contributed by atoms with E-state index >= 15 is 0 Å².